The Balaban J connectivity index is 0.000000384. The highest BCUT2D eigenvalue weighted by atomic mass is 19.4. The standard InChI is InChI=1S/C22H20N6O.C2HF3O2/c1-15-3-2-4-19(24-15)22(29)27-12-9-18(13-27)21-25-20-6-5-17(14-28(20)26-21)16-7-10-23-11-8-16;3-2(4,5)1(6)7/h2-8,10-11,14,18H,9,12-13H2,1H3;(H,6,7). The van der Waals surface area contributed by atoms with Gasteiger partial charge in [-0.3, -0.25) is 9.78 Å². The van der Waals surface area contributed by atoms with E-state index >= 15 is 0 Å². The molecule has 1 fully saturated rings. The lowest BCUT2D eigenvalue weighted by Gasteiger charge is -2.15. The zero-order valence-corrected chi connectivity index (χ0v) is 19.1. The van der Waals surface area contributed by atoms with Crippen LogP contribution in [0.5, 0.6) is 0 Å². The molecule has 12 heteroatoms. The summed E-state index contributed by atoms with van der Waals surface area (Å²) in [5, 5.41) is 11.8. The monoisotopic (exact) mass is 498 g/mol. The third-order valence-electron chi connectivity index (χ3n) is 5.55. The van der Waals surface area contributed by atoms with E-state index in [1.807, 2.05) is 58.9 Å². The maximum atomic E-state index is 12.8. The van der Waals surface area contributed by atoms with Crippen LogP contribution in [0.1, 0.15) is 34.3 Å². The van der Waals surface area contributed by atoms with E-state index in [4.69, 9.17) is 20.0 Å². The molecule has 1 atom stereocenters. The first-order valence-corrected chi connectivity index (χ1v) is 10.9. The molecule has 0 aliphatic carbocycles. The van der Waals surface area contributed by atoms with Crippen LogP contribution in [0.2, 0.25) is 0 Å². The number of halogens is 3. The van der Waals surface area contributed by atoms with Gasteiger partial charge in [-0.15, -0.1) is 0 Å². The molecule has 5 heterocycles. The lowest BCUT2D eigenvalue weighted by Crippen LogP contribution is -2.29. The Morgan fingerprint density at radius 1 is 1.03 bits per heavy atom. The fraction of sp³-hybridized carbons (Fsp3) is 0.250. The average Bonchev–Trinajstić information content (AvgIpc) is 3.51. The third-order valence-corrected chi connectivity index (χ3v) is 5.55. The van der Waals surface area contributed by atoms with Gasteiger partial charge in [0.2, 0.25) is 0 Å². The van der Waals surface area contributed by atoms with Gasteiger partial charge < -0.3 is 10.0 Å². The number of aromatic nitrogens is 5. The summed E-state index contributed by atoms with van der Waals surface area (Å²) in [4.78, 5) is 36.6. The van der Waals surface area contributed by atoms with Crippen LogP contribution in [0.3, 0.4) is 0 Å². The highest BCUT2D eigenvalue weighted by molar-refractivity contribution is 5.92. The summed E-state index contributed by atoms with van der Waals surface area (Å²) >= 11 is 0. The molecular weight excluding hydrogens is 477 g/mol. The molecule has 1 aliphatic rings. The molecule has 36 heavy (non-hydrogen) atoms. The van der Waals surface area contributed by atoms with E-state index in [-0.39, 0.29) is 11.8 Å². The van der Waals surface area contributed by atoms with Crippen LogP contribution in [0.15, 0.2) is 61.1 Å². The van der Waals surface area contributed by atoms with E-state index in [1.54, 1.807) is 18.5 Å². The number of aryl methyl sites for hydroxylation is 1. The molecule has 4 aromatic heterocycles. The molecule has 0 saturated carbocycles. The zero-order valence-electron chi connectivity index (χ0n) is 19.1. The van der Waals surface area contributed by atoms with Gasteiger partial charge in [-0.1, -0.05) is 6.07 Å². The Bertz CT molecular complexity index is 1390. The number of amides is 1. The van der Waals surface area contributed by atoms with Gasteiger partial charge >= 0.3 is 12.1 Å². The minimum absolute atomic E-state index is 0.0278. The SMILES string of the molecule is Cc1cccc(C(=O)N2CCC(c3nc4ccc(-c5ccncc5)cn4n3)C2)n1.O=C(O)C(F)(F)F. The second-order valence-electron chi connectivity index (χ2n) is 8.13. The van der Waals surface area contributed by atoms with E-state index in [0.717, 1.165) is 34.7 Å². The van der Waals surface area contributed by atoms with E-state index in [0.29, 0.717) is 18.8 Å². The highest BCUT2D eigenvalue weighted by Gasteiger charge is 2.38. The quantitative estimate of drug-likeness (QED) is 0.458. The molecule has 0 bridgehead atoms. The Hall–Kier alpha value is -4.35. The van der Waals surface area contributed by atoms with Crippen molar-refractivity contribution in [2.24, 2.45) is 0 Å². The van der Waals surface area contributed by atoms with Crippen molar-refractivity contribution in [1.29, 1.82) is 0 Å². The van der Waals surface area contributed by atoms with Crippen LogP contribution in [0.25, 0.3) is 16.8 Å². The molecule has 9 nitrogen and oxygen atoms in total. The first-order chi connectivity index (χ1) is 17.1. The van der Waals surface area contributed by atoms with Crippen LogP contribution in [-0.2, 0) is 4.79 Å². The second-order valence-corrected chi connectivity index (χ2v) is 8.13. The molecule has 1 N–H and O–H groups in total. The number of aliphatic carboxylic acids is 1. The molecule has 1 unspecified atom stereocenters. The molecule has 186 valence electrons. The Labute approximate surface area is 203 Å². The van der Waals surface area contributed by atoms with Gasteiger partial charge in [0.15, 0.2) is 11.5 Å². The summed E-state index contributed by atoms with van der Waals surface area (Å²) < 4.78 is 33.6. The molecule has 1 aliphatic heterocycles. The van der Waals surface area contributed by atoms with Crippen molar-refractivity contribution in [1.82, 2.24) is 29.5 Å². The number of rotatable bonds is 3. The van der Waals surface area contributed by atoms with Gasteiger partial charge in [-0.2, -0.15) is 18.3 Å². The first kappa shape index (κ1) is 24.8. The van der Waals surface area contributed by atoms with Crippen LogP contribution in [-0.4, -0.2) is 65.7 Å². The molecule has 1 saturated heterocycles. The van der Waals surface area contributed by atoms with E-state index in [9.17, 15) is 18.0 Å². The number of carbonyl (C=O) groups is 2. The maximum absolute atomic E-state index is 12.8. The van der Waals surface area contributed by atoms with Crippen LogP contribution in [0.4, 0.5) is 13.2 Å². The number of hydrogen-bond donors (Lipinski definition) is 1. The van der Waals surface area contributed by atoms with E-state index in [1.165, 1.54) is 0 Å². The first-order valence-electron chi connectivity index (χ1n) is 10.9. The predicted molar refractivity (Wildman–Crippen MR) is 122 cm³/mol. The third kappa shape index (κ3) is 5.65. The van der Waals surface area contributed by atoms with Gasteiger partial charge in [-0.05, 0) is 55.3 Å². The number of likely N-dealkylation sites (tertiary alicyclic amines) is 1. The average molecular weight is 498 g/mol. The predicted octanol–water partition coefficient (Wildman–Crippen LogP) is 3.76. The van der Waals surface area contributed by atoms with Crippen molar-refractivity contribution in [3.8, 4) is 11.1 Å². The number of nitrogens with zero attached hydrogens (tertiary/aromatic N) is 6. The van der Waals surface area contributed by atoms with Gasteiger partial charge in [0, 0.05) is 48.9 Å². The fourth-order valence-electron chi connectivity index (χ4n) is 3.77. The Kier molecular flexibility index (Phi) is 6.95. The van der Waals surface area contributed by atoms with Crippen molar-refractivity contribution >= 4 is 17.5 Å². The van der Waals surface area contributed by atoms with Gasteiger partial charge in [0.1, 0.15) is 5.69 Å². The summed E-state index contributed by atoms with van der Waals surface area (Å²) in [6, 6.07) is 13.5. The van der Waals surface area contributed by atoms with Gasteiger partial charge in [0.25, 0.3) is 5.91 Å². The van der Waals surface area contributed by atoms with Crippen LogP contribution in [0, 0.1) is 6.92 Å². The summed E-state index contributed by atoms with van der Waals surface area (Å²) in [5.74, 6) is -1.87. The number of carboxylic acids is 1. The van der Waals surface area contributed by atoms with Crippen LogP contribution < -0.4 is 0 Å². The smallest absolute Gasteiger partial charge is 0.475 e. The second kappa shape index (κ2) is 10.1. The number of fused-ring (bicyclic) bond motifs is 1. The summed E-state index contributed by atoms with van der Waals surface area (Å²) in [6.45, 7) is 3.20. The number of alkyl halides is 3. The topological polar surface area (TPSA) is 114 Å². The number of carboxylic acid groups (broad SMARTS) is 1. The summed E-state index contributed by atoms with van der Waals surface area (Å²) in [7, 11) is 0. The van der Waals surface area contributed by atoms with Gasteiger partial charge in [-0.25, -0.2) is 19.3 Å². The molecule has 4 aromatic rings. The lowest BCUT2D eigenvalue weighted by atomic mass is 10.1. The van der Waals surface area contributed by atoms with E-state index < -0.39 is 12.1 Å². The minimum Gasteiger partial charge on any atom is -0.475 e. The molecule has 1 amide bonds. The van der Waals surface area contributed by atoms with Crippen molar-refractivity contribution in [3.63, 3.8) is 0 Å². The molecule has 0 spiro atoms. The molecule has 0 aromatic carbocycles. The van der Waals surface area contributed by atoms with E-state index in [2.05, 4.69) is 9.97 Å². The Morgan fingerprint density at radius 3 is 2.42 bits per heavy atom. The Morgan fingerprint density at radius 2 is 1.75 bits per heavy atom. The van der Waals surface area contributed by atoms with Crippen molar-refractivity contribution in [3.05, 3.63) is 78.3 Å². The number of hydrogen-bond acceptors (Lipinski definition) is 6. The number of carbonyl (C=O) groups excluding carboxylic acids is 1. The zero-order chi connectivity index (χ0) is 25.9. The summed E-state index contributed by atoms with van der Waals surface area (Å²) in [5.41, 5.74) is 4.30. The van der Waals surface area contributed by atoms with Crippen molar-refractivity contribution in [2.45, 2.75) is 25.4 Å². The van der Waals surface area contributed by atoms with Gasteiger partial charge in [0.05, 0.1) is 0 Å². The van der Waals surface area contributed by atoms with Crippen molar-refractivity contribution < 1.29 is 27.9 Å². The molecular formula is C24H21F3N6O3. The normalized spacial score (nSPS) is 15.4. The number of pyridine rings is 3. The maximum Gasteiger partial charge on any atom is 0.490 e. The largest absolute Gasteiger partial charge is 0.490 e. The minimum atomic E-state index is -5.08. The van der Waals surface area contributed by atoms with Crippen molar-refractivity contribution in [2.75, 3.05) is 13.1 Å². The molecule has 0 radical (unpaired) electrons. The summed E-state index contributed by atoms with van der Waals surface area (Å²) in [6.07, 6.45) is 1.31. The fourth-order valence-corrected chi connectivity index (χ4v) is 3.77. The molecule has 5 rings (SSSR count). The highest BCUT2D eigenvalue weighted by Crippen LogP contribution is 2.27. The lowest BCUT2D eigenvalue weighted by molar-refractivity contribution is -0.192. The van der Waals surface area contributed by atoms with Crippen LogP contribution >= 0.6 is 0 Å².